The van der Waals surface area contributed by atoms with E-state index >= 15 is 0 Å². The monoisotopic (exact) mass is 621 g/mol. The molecule has 0 unspecified atom stereocenters. The molecule has 0 heterocycles. The van der Waals surface area contributed by atoms with Crippen LogP contribution in [-0.2, 0) is 13.0 Å². The molecule has 0 spiro atoms. The molecule has 0 aromatic heterocycles. The molecule has 0 saturated heterocycles. The molecule has 0 aliphatic carbocycles. The molecule has 3 aromatic carbocycles. The second kappa shape index (κ2) is 23.4. The van der Waals surface area contributed by atoms with Gasteiger partial charge in [0.05, 0.1) is 0 Å². The molecule has 31 heavy (non-hydrogen) atoms. The van der Waals surface area contributed by atoms with E-state index in [2.05, 4.69) is 93.6 Å². The van der Waals surface area contributed by atoms with Crippen molar-refractivity contribution in [1.82, 2.24) is 0 Å². The number of halogens is 3. The van der Waals surface area contributed by atoms with Crippen molar-refractivity contribution in [3.63, 3.8) is 0 Å². The molecule has 0 N–H and O–H groups in total. The molecular weight excluding hydrogens is 592 g/mol. The van der Waals surface area contributed by atoms with Gasteiger partial charge in [-0.3, -0.25) is 0 Å². The summed E-state index contributed by atoms with van der Waals surface area (Å²) in [4.78, 5) is 4.08. The average molecular weight is 622 g/mol. The van der Waals surface area contributed by atoms with Crippen molar-refractivity contribution in [3.05, 3.63) is 91.0 Å². The summed E-state index contributed by atoms with van der Waals surface area (Å²) in [5.74, 6) is 3.47. The van der Waals surface area contributed by atoms with Crippen LogP contribution in [0.4, 0.5) is 0 Å². The zero-order valence-electron chi connectivity index (χ0n) is 18.0. The average Bonchev–Trinajstić information content (AvgIpc) is 2.77. The number of hydrogen-bond acceptors (Lipinski definition) is 3. The third kappa shape index (κ3) is 21.8. The molecule has 0 atom stereocenters. The zero-order valence-corrected chi connectivity index (χ0v) is 24.4. The van der Waals surface area contributed by atoms with Crippen molar-refractivity contribution < 1.29 is 13.0 Å². The summed E-state index contributed by atoms with van der Waals surface area (Å²) in [5, 5.41) is 0. The van der Waals surface area contributed by atoms with Gasteiger partial charge in [0.2, 0.25) is 0 Å². The summed E-state index contributed by atoms with van der Waals surface area (Å²) in [6, 6.07) is 31.3. The van der Waals surface area contributed by atoms with E-state index in [4.69, 9.17) is 29.1 Å². The van der Waals surface area contributed by atoms with Gasteiger partial charge >= 0.3 is 42.1 Å². The Labute approximate surface area is 219 Å². The quantitative estimate of drug-likeness (QED) is 0.198. The van der Waals surface area contributed by atoms with Gasteiger partial charge in [-0.15, -0.1) is 35.3 Å². The van der Waals surface area contributed by atoms with Crippen molar-refractivity contribution in [2.24, 2.45) is 0 Å². The molecule has 3 rings (SSSR count). The fourth-order valence-electron chi connectivity index (χ4n) is 2.05. The van der Waals surface area contributed by atoms with Crippen LogP contribution in [0.15, 0.2) is 106 Å². The van der Waals surface area contributed by atoms with Gasteiger partial charge in [0.15, 0.2) is 0 Å². The van der Waals surface area contributed by atoms with Gasteiger partial charge in [-0.1, -0.05) is 75.4 Å². The second-order valence-corrected chi connectivity index (χ2v) is 17.3. The molecule has 3 aromatic rings. The van der Waals surface area contributed by atoms with E-state index in [1.807, 2.05) is 53.5 Å². The number of rotatable bonds is 6. The van der Waals surface area contributed by atoms with Crippen LogP contribution < -0.4 is 0 Å². The Hall–Kier alpha value is 0.203. The summed E-state index contributed by atoms with van der Waals surface area (Å²) in [5.41, 5.74) is 0. The number of thioether (sulfide) groups is 3. The van der Waals surface area contributed by atoms with Gasteiger partial charge < -0.3 is 0 Å². The first kappa shape index (κ1) is 31.2. The maximum absolute atomic E-state index is 4.95. The van der Waals surface area contributed by atoms with Crippen LogP contribution in [0.2, 0.25) is 0 Å². The normalized spacial score (nSPS) is 9.68. The third-order valence-corrected chi connectivity index (χ3v) is 5.85. The van der Waals surface area contributed by atoms with Crippen molar-refractivity contribution in [3.8, 4) is 0 Å². The summed E-state index contributed by atoms with van der Waals surface area (Å²) >= 11 is 3.87. The molecular formula is C24H30Cl3RuS3. The van der Waals surface area contributed by atoms with Crippen molar-refractivity contribution in [2.75, 3.05) is 17.3 Å². The van der Waals surface area contributed by atoms with Gasteiger partial charge in [-0.2, -0.15) is 0 Å². The van der Waals surface area contributed by atoms with Crippen LogP contribution >= 0.6 is 64.4 Å². The molecule has 0 radical (unpaired) electrons. The zero-order chi connectivity index (χ0) is 23.2. The fraction of sp³-hybridized carbons (Fsp3) is 0.250. The molecule has 7 heteroatoms. The Bertz CT molecular complexity index is 631. The summed E-state index contributed by atoms with van der Waals surface area (Å²) in [6.07, 6.45) is 0. The Morgan fingerprint density at radius 3 is 0.839 bits per heavy atom. The van der Waals surface area contributed by atoms with Crippen LogP contribution in [0, 0.1) is 0 Å². The van der Waals surface area contributed by atoms with E-state index in [0.717, 1.165) is 17.3 Å². The minimum absolute atomic E-state index is 1.16. The van der Waals surface area contributed by atoms with Crippen molar-refractivity contribution in [2.45, 2.75) is 35.5 Å². The summed E-state index contributed by atoms with van der Waals surface area (Å²) in [7, 11) is 14.8. The molecule has 0 aliphatic rings. The predicted molar refractivity (Wildman–Crippen MR) is 146 cm³/mol. The molecule has 0 saturated carbocycles. The van der Waals surface area contributed by atoms with Gasteiger partial charge in [0.1, 0.15) is 0 Å². The standard InChI is InChI=1S/3C8H10S.3ClH.Ru/c3*1-2-9-8-6-4-3-5-7-8;;;;/h3*3-7H,2H2,1H3;3*1H;/q;;;;;;+3/p-3. The van der Waals surface area contributed by atoms with E-state index < -0.39 is 13.0 Å². The molecule has 173 valence electrons. The Morgan fingerprint density at radius 2 is 0.677 bits per heavy atom. The first-order valence-electron chi connectivity index (χ1n) is 9.73. The summed E-state index contributed by atoms with van der Waals surface area (Å²) < 4.78 is 0. The van der Waals surface area contributed by atoms with Gasteiger partial charge in [0, 0.05) is 14.7 Å². The Kier molecular flexibility index (Phi) is 23.5. The third-order valence-electron chi connectivity index (χ3n) is 3.16. The van der Waals surface area contributed by atoms with Crippen LogP contribution in [-0.4, -0.2) is 17.3 Å². The molecule has 0 bridgehead atoms. The Balaban J connectivity index is 0.000000402. The number of hydrogen-bond donors (Lipinski definition) is 0. The van der Waals surface area contributed by atoms with E-state index in [0.29, 0.717) is 0 Å². The van der Waals surface area contributed by atoms with Gasteiger partial charge in [0.25, 0.3) is 0 Å². The van der Waals surface area contributed by atoms with E-state index in [1.54, 1.807) is 0 Å². The SMILES string of the molecule is CCSc1ccccc1.CCSc1ccccc1.CCSc1ccccc1.[Cl][Ru]([Cl])[Cl]. The van der Waals surface area contributed by atoms with Crippen molar-refractivity contribution >= 4 is 64.4 Å². The second-order valence-electron chi connectivity index (χ2n) is 5.39. The molecule has 0 aliphatic heterocycles. The van der Waals surface area contributed by atoms with Crippen LogP contribution in [0.25, 0.3) is 0 Å². The molecule has 0 fully saturated rings. The van der Waals surface area contributed by atoms with Gasteiger partial charge in [-0.25, -0.2) is 0 Å². The summed E-state index contributed by atoms with van der Waals surface area (Å²) in [6.45, 7) is 6.49. The first-order valence-corrected chi connectivity index (χ1v) is 19.4. The van der Waals surface area contributed by atoms with E-state index in [9.17, 15) is 0 Å². The predicted octanol–water partition coefficient (Wildman–Crippen LogP) is 10.5. The molecule has 0 nitrogen and oxygen atoms in total. The van der Waals surface area contributed by atoms with E-state index in [1.165, 1.54) is 14.7 Å². The topological polar surface area (TPSA) is 0 Å². The Morgan fingerprint density at radius 1 is 0.484 bits per heavy atom. The molecule has 0 amide bonds. The first-order chi connectivity index (χ1) is 15.0. The maximum atomic E-state index is 4.95. The van der Waals surface area contributed by atoms with Crippen LogP contribution in [0.5, 0.6) is 0 Å². The fourth-order valence-corrected chi connectivity index (χ4v) is 4.10. The van der Waals surface area contributed by atoms with E-state index in [-0.39, 0.29) is 0 Å². The van der Waals surface area contributed by atoms with Gasteiger partial charge in [-0.05, 0) is 53.7 Å². The van der Waals surface area contributed by atoms with Crippen LogP contribution in [0.1, 0.15) is 20.8 Å². The number of benzene rings is 3. The van der Waals surface area contributed by atoms with Crippen molar-refractivity contribution in [1.29, 1.82) is 0 Å². The minimum atomic E-state index is -1.75. The van der Waals surface area contributed by atoms with Crippen LogP contribution in [0.3, 0.4) is 0 Å².